The Labute approximate surface area is 169 Å². The van der Waals surface area contributed by atoms with Crippen LogP contribution in [0.2, 0.25) is 0 Å². The second-order valence-electron chi connectivity index (χ2n) is 8.35. The third-order valence-corrected chi connectivity index (χ3v) is 6.76. The summed E-state index contributed by atoms with van der Waals surface area (Å²) in [4.78, 5) is 40.3. The lowest BCUT2D eigenvalue weighted by molar-refractivity contribution is -0.123. The van der Waals surface area contributed by atoms with Crippen molar-refractivity contribution in [1.29, 1.82) is 0 Å². The van der Waals surface area contributed by atoms with Crippen LogP contribution in [0.15, 0.2) is 54.6 Å². The Kier molecular flexibility index (Phi) is 4.26. The average Bonchev–Trinajstić information content (AvgIpc) is 3.42. The molecule has 5 rings (SSSR count). The van der Waals surface area contributed by atoms with E-state index in [4.69, 9.17) is 4.74 Å². The number of rotatable bonds is 5. The number of hydrogen-bond donors (Lipinski definition) is 0. The summed E-state index contributed by atoms with van der Waals surface area (Å²) in [5, 5.41) is 0. The first-order valence-electron chi connectivity index (χ1n) is 10.3. The van der Waals surface area contributed by atoms with Gasteiger partial charge < -0.3 is 4.74 Å². The summed E-state index contributed by atoms with van der Waals surface area (Å²) in [5.41, 5.74) is 1.01. The molecule has 5 atom stereocenters. The summed E-state index contributed by atoms with van der Waals surface area (Å²) < 4.78 is 5.97. The molecule has 2 aliphatic carbocycles. The molecule has 0 N–H and O–H groups in total. The summed E-state index contributed by atoms with van der Waals surface area (Å²) in [5.74, 6) is 0.329. The topological polar surface area (TPSA) is 63.7 Å². The maximum Gasteiger partial charge on any atom is 0.238 e. The molecule has 1 aliphatic heterocycles. The highest BCUT2D eigenvalue weighted by atomic mass is 16.5. The fraction of sp³-hybridized carbons (Fsp3) is 0.375. The van der Waals surface area contributed by atoms with Gasteiger partial charge in [0.25, 0.3) is 0 Å². The van der Waals surface area contributed by atoms with E-state index >= 15 is 0 Å². The lowest BCUT2D eigenvalue weighted by Gasteiger charge is -2.22. The average molecular weight is 389 g/mol. The van der Waals surface area contributed by atoms with Crippen molar-refractivity contribution >= 4 is 23.3 Å². The molecule has 29 heavy (non-hydrogen) atoms. The normalized spacial score (nSPS) is 28.5. The number of carbonyl (C=O) groups excluding carboxylic acids is 3. The lowest BCUT2D eigenvalue weighted by atomic mass is 9.81. The van der Waals surface area contributed by atoms with Gasteiger partial charge in [0.05, 0.1) is 17.5 Å². The van der Waals surface area contributed by atoms with Crippen LogP contribution in [0.3, 0.4) is 0 Å². The van der Waals surface area contributed by atoms with Crippen molar-refractivity contribution in [1.82, 2.24) is 0 Å². The van der Waals surface area contributed by atoms with Gasteiger partial charge in [-0.2, -0.15) is 0 Å². The predicted octanol–water partition coefficient (Wildman–Crippen LogP) is 3.87. The van der Waals surface area contributed by atoms with Gasteiger partial charge in [0.1, 0.15) is 5.75 Å². The van der Waals surface area contributed by atoms with Crippen molar-refractivity contribution in [3.05, 3.63) is 60.2 Å². The summed E-state index contributed by atoms with van der Waals surface area (Å²) in [6, 6.07) is 16.0. The van der Waals surface area contributed by atoms with Crippen LogP contribution >= 0.6 is 0 Å². The van der Waals surface area contributed by atoms with Gasteiger partial charge in [-0.3, -0.25) is 14.4 Å². The van der Waals surface area contributed by atoms with Crippen LogP contribution in [0.5, 0.6) is 5.75 Å². The molecule has 1 heterocycles. The maximum absolute atomic E-state index is 13.2. The molecule has 0 aromatic heterocycles. The van der Waals surface area contributed by atoms with E-state index in [0.29, 0.717) is 28.8 Å². The molecule has 2 aromatic carbocycles. The largest absolute Gasteiger partial charge is 0.480 e. The summed E-state index contributed by atoms with van der Waals surface area (Å²) in [7, 11) is 0. The predicted molar refractivity (Wildman–Crippen MR) is 108 cm³/mol. The van der Waals surface area contributed by atoms with E-state index < -0.39 is 6.10 Å². The zero-order valence-electron chi connectivity index (χ0n) is 16.3. The van der Waals surface area contributed by atoms with Crippen molar-refractivity contribution in [2.45, 2.75) is 32.3 Å². The summed E-state index contributed by atoms with van der Waals surface area (Å²) >= 11 is 0. The Hall–Kier alpha value is -2.95. The Morgan fingerprint density at radius 3 is 2.17 bits per heavy atom. The number of carbonyl (C=O) groups is 3. The Morgan fingerprint density at radius 2 is 1.52 bits per heavy atom. The Balaban J connectivity index is 1.42. The number of Topliss-reactive ketones (excluding diaryl/α,β-unsaturated/α-hetero) is 1. The number of benzene rings is 2. The third kappa shape index (κ3) is 2.79. The van der Waals surface area contributed by atoms with Gasteiger partial charge >= 0.3 is 0 Å². The number of fused-ring (bicyclic) bond motifs is 5. The van der Waals surface area contributed by atoms with Gasteiger partial charge in [-0.15, -0.1) is 0 Å². The molecule has 0 radical (unpaired) electrons. The standard InChI is InChI=1S/C24H23NO4/c1-14(22(26)15-7-3-2-4-8-15)29-19-10-6-5-9-18(19)25-23(27)20-16-11-12-17(13-16)21(20)24(25)28/h2-10,14,16-17,20-21H,11-13H2,1H3/t14-,16+,17+,20-,21+/m1/s1. The molecule has 148 valence electrons. The van der Waals surface area contributed by atoms with E-state index in [9.17, 15) is 14.4 Å². The molecule has 2 saturated carbocycles. The second-order valence-corrected chi connectivity index (χ2v) is 8.35. The van der Waals surface area contributed by atoms with E-state index in [0.717, 1.165) is 19.3 Å². The molecule has 0 spiro atoms. The van der Waals surface area contributed by atoms with E-state index in [-0.39, 0.29) is 29.4 Å². The van der Waals surface area contributed by atoms with Gasteiger partial charge in [0, 0.05) is 5.56 Å². The molecule has 2 aromatic rings. The minimum Gasteiger partial charge on any atom is -0.480 e. The molecular weight excluding hydrogens is 366 g/mol. The molecule has 2 bridgehead atoms. The van der Waals surface area contributed by atoms with Crippen molar-refractivity contribution in [3.8, 4) is 5.75 Å². The van der Waals surface area contributed by atoms with Crippen molar-refractivity contribution in [2.24, 2.45) is 23.7 Å². The lowest BCUT2D eigenvalue weighted by Crippen LogP contribution is -2.34. The highest BCUT2D eigenvalue weighted by molar-refractivity contribution is 6.23. The number of amides is 2. The Morgan fingerprint density at radius 1 is 0.931 bits per heavy atom. The number of ether oxygens (including phenoxy) is 1. The van der Waals surface area contributed by atoms with Crippen LogP contribution in [0, 0.1) is 23.7 Å². The van der Waals surface area contributed by atoms with Crippen molar-refractivity contribution in [2.75, 3.05) is 4.90 Å². The van der Waals surface area contributed by atoms with Gasteiger partial charge in [0.15, 0.2) is 6.10 Å². The first kappa shape index (κ1) is 18.1. The molecular formula is C24H23NO4. The van der Waals surface area contributed by atoms with Crippen LogP contribution in [0.1, 0.15) is 36.5 Å². The van der Waals surface area contributed by atoms with E-state index in [1.807, 2.05) is 18.2 Å². The van der Waals surface area contributed by atoms with E-state index in [1.165, 1.54) is 4.90 Å². The van der Waals surface area contributed by atoms with Crippen LogP contribution in [0.4, 0.5) is 5.69 Å². The molecule has 2 amide bonds. The quantitative estimate of drug-likeness (QED) is 0.575. The van der Waals surface area contributed by atoms with Crippen molar-refractivity contribution < 1.29 is 19.1 Å². The minimum absolute atomic E-state index is 0.106. The summed E-state index contributed by atoms with van der Waals surface area (Å²) in [6.07, 6.45) is 2.35. The van der Waals surface area contributed by atoms with E-state index in [2.05, 4.69) is 0 Å². The number of nitrogens with zero attached hydrogens (tertiary/aromatic N) is 1. The first-order chi connectivity index (χ1) is 14.1. The van der Waals surface area contributed by atoms with Crippen LogP contribution in [-0.2, 0) is 9.59 Å². The smallest absolute Gasteiger partial charge is 0.238 e. The van der Waals surface area contributed by atoms with Crippen LogP contribution < -0.4 is 9.64 Å². The molecule has 1 saturated heterocycles. The summed E-state index contributed by atoms with van der Waals surface area (Å²) in [6.45, 7) is 1.69. The van der Waals surface area contributed by atoms with Crippen molar-refractivity contribution in [3.63, 3.8) is 0 Å². The fourth-order valence-corrected chi connectivity index (χ4v) is 5.47. The molecule has 3 aliphatic rings. The van der Waals surface area contributed by atoms with E-state index in [1.54, 1.807) is 43.3 Å². The fourth-order valence-electron chi connectivity index (χ4n) is 5.47. The van der Waals surface area contributed by atoms with Crippen LogP contribution in [0.25, 0.3) is 0 Å². The maximum atomic E-state index is 13.2. The number of para-hydroxylation sites is 2. The minimum atomic E-state index is -0.734. The zero-order chi connectivity index (χ0) is 20.1. The number of hydrogen-bond acceptors (Lipinski definition) is 4. The molecule has 0 unspecified atom stereocenters. The van der Waals surface area contributed by atoms with Gasteiger partial charge in [-0.25, -0.2) is 4.90 Å². The van der Waals surface area contributed by atoms with Gasteiger partial charge in [-0.05, 0) is 50.2 Å². The first-order valence-corrected chi connectivity index (χ1v) is 10.3. The Bertz CT molecular complexity index is 957. The highest BCUT2D eigenvalue weighted by Crippen LogP contribution is 2.57. The molecule has 5 nitrogen and oxygen atoms in total. The number of imide groups is 1. The van der Waals surface area contributed by atoms with Gasteiger partial charge in [0.2, 0.25) is 17.6 Å². The second kappa shape index (κ2) is 6.83. The third-order valence-electron chi connectivity index (χ3n) is 6.76. The highest BCUT2D eigenvalue weighted by Gasteiger charge is 2.61. The molecule has 3 fully saturated rings. The SMILES string of the molecule is C[C@@H](Oc1ccccc1N1C(=O)[C@@H]2[C@H]3CC[C@@H](C3)[C@@H]2C1=O)C(=O)c1ccccc1. The number of anilines is 1. The molecule has 5 heteroatoms. The van der Waals surface area contributed by atoms with Crippen LogP contribution in [-0.4, -0.2) is 23.7 Å². The van der Waals surface area contributed by atoms with Gasteiger partial charge in [-0.1, -0.05) is 42.5 Å². The number of ketones is 1. The monoisotopic (exact) mass is 389 g/mol. The zero-order valence-corrected chi connectivity index (χ0v) is 16.3.